The summed E-state index contributed by atoms with van der Waals surface area (Å²) in [6.07, 6.45) is -24.5. The number of primary amides is 1. The van der Waals surface area contributed by atoms with E-state index in [9.17, 15) is 56.0 Å². The first-order valence-corrected chi connectivity index (χ1v) is 19.2. The van der Waals surface area contributed by atoms with Crippen LogP contribution in [0.3, 0.4) is 0 Å². The number of rotatable bonds is 16. The van der Waals surface area contributed by atoms with Crippen LogP contribution in [0.15, 0.2) is 60.7 Å². The third-order valence-corrected chi connectivity index (χ3v) is 10.2. The molecule has 0 spiro atoms. The third kappa shape index (κ3) is 11.7. The van der Waals surface area contributed by atoms with E-state index >= 15 is 0 Å². The molecular formula is C39H43ClF6N4O14. The lowest BCUT2D eigenvalue weighted by Gasteiger charge is -2.48. The van der Waals surface area contributed by atoms with Gasteiger partial charge in [0.05, 0.1) is 49.6 Å². The molecule has 25 heteroatoms. The number of para-hydroxylation sites is 1. The average molecular weight is 941 g/mol. The number of ether oxygens (including phenoxy) is 8. The largest absolute Gasteiger partial charge is 0.493 e. The van der Waals surface area contributed by atoms with E-state index in [4.69, 9.17) is 55.2 Å². The maximum absolute atomic E-state index is 13.7. The minimum Gasteiger partial charge on any atom is -0.493 e. The van der Waals surface area contributed by atoms with Gasteiger partial charge in [0, 0.05) is 18.4 Å². The molecule has 0 bridgehead atoms. The molecule has 2 heterocycles. The molecule has 8 N–H and O–H groups in total. The van der Waals surface area contributed by atoms with Crippen molar-refractivity contribution >= 4 is 35.1 Å². The number of aliphatic hydroxyl groups is 3. The van der Waals surface area contributed by atoms with Crippen molar-refractivity contribution in [2.24, 2.45) is 5.73 Å². The molecule has 5 rings (SSSR count). The summed E-state index contributed by atoms with van der Waals surface area (Å²) in [4.78, 5) is 40.0. The predicted molar refractivity (Wildman–Crippen MR) is 207 cm³/mol. The molecule has 2 saturated heterocycles. The Kier molecular flexibility index (Phi) is 16.5. The number of amides is 4. The molecule has 0 radical (unpaired) electrons. The van der Waals surface area contributed by atoms with Gasteiger partial charge in [-0.15, -0.1) is 0 Å². The van der Waals surface area contributed by atoms with Crippen molar-refractivity contribution < 1.29 is 93.9 Å². The van der Waals surface area contributed by atoms with Gasteiger partial charge >= 0.3 is 18.4 Å². The summed E-state index contributed by atoms with van der Waals surface area (Å²) in [7, 11) is 3.81. The molecule has 0 saturated carbocycles. The average Bonchev–Trinajstić information content (AvgIpc) is 3.25. The molecule has 0 aromatic heterocycles. The number of nitrogens with two attached hydrogens (primary N) is 1. The highest BCUT2D eigenvalue weighted by Gasteiger charge is 2.54. The number of nitrogens with one attached hydrogen (secondary N) is 3. The highest BCUT2D eigenvalue weighted by Crippen LogP contribution is 2.38. The first-order chi connectivity index (χ1) is 30.2. The lowest BCUT2D eigenvalue weighted by molar-refractivity contribution is -0.336. The lowest BCUT2D eigenvalue weighted by Crippen LogP contribution is -2.71. The van der Waals surface area contributed by atoms with E-state index in [1.54, 1.807) is 18.2 Å². The molecule has 4 amide bonds. The molecule has 2 aliphatic heterocycles. The van der Waals surface area contributed by atoms with E-state index < -0.39 is 132 Å². The summed E-state index contributed by atoms with van der Waals surface area (Å²) in [5.74, 6) is -1.73. The van der Waals surface area contributed by atoms with Crippen LogP contribution in [0.25, 0.3) is 0 Å². The quantitative estimate of drug-likeness (QED) is 0.0807. The second kappa shape index (κ2) is 21.2. The number of hydrogen-bond acceptors (Lipinski definition) is 14. The zero-order valence-corrected chi connectivity index (χ0v) is 34.5. The Morgan fingerprint density at radius 3 is 2.08 bits per heavy atom. The Hall–Kier alpha value is -5.18. The number of carbonyl (C=O) groups is 3. The smallest absolute Gasteiger partial charge is 0.417 e. The van der Waals surface area contributed by atoms with Gasteiger partial charge in [-0.2, -0.15) is 26.3 Å². The van der Waals surface area contributed by atoms with E-state index in [0.29, 0.717) is 18.2 Å². The van der Waals surface area contributed by atoms with E-state index in [-0.39, 0.29) is 23.9 Å². The predicted octanol–water partition coefficient (Wildman–Crippen LogP) is 2.83. The molecule has 18 nitrogen and oxygen atoms in total. The minimum absolute atomic E-state index is 0.146. The number of alkyl halides is 6. The zero-order chi connectivity index (χ0) is 47.1. The number of carbonyl (C=O) groups excluding carboxylic acids is 3. The molecule has 10 atom stereocenters. The molecule has 2 fully saturated rings. The van der Waals surface area contributed by atoms with Crippen LogP contribution < -0.4 is 35.9 Å². The van der Waals surface area contributed by atoms with Crippen molar-refractivity contribution in [1.29, 1.82) is 0 Å². The van der Waals surface area contributed by atoms with Gasteiger partial charge in [-0.05, 0) is 48.5 Å². The van der Waals surface area contributed by atoms with Gasteiger partial charge in [0.25, 0.3) is 5.91 Å². The van der Waals surface area contributed by atoms with Crippen molar-refractivity contribution in [1.82, 2.24) is 10.6 Å². The first-order valence-electron chi connectivity index (χ1n) is 18.9. The van der Waals surface area contributed by atoms with Crippen molar-refractivity contribution in [2.75, 3.05) is 46.5 Å². The van der Waals surface area contributed by atoms with Crippen LogP contribution in [0.5, 0.6) is 17.2 Å². The summed E-state index contributed by atoms with van der Waals surface area (Å²) in [6, 6.07) is 5.58. The highest BCUT2D eigenvalue weighted by molar-refractivity contribution is 6.31. The van der Waals surface area contributed by atoms with Crippen molar-refractivity contribution in [3.63, 3.8) is 0 Å². The molecule has 3 aromatic rings. The Balaban J connectivity index is 1.52. The summed E-state index contributed by atoms with van der Waals surface area (Å²) >= 11 is 5.74. The van der Waals surface area contributed by atoms with Crippen LogP contribution >= 0.6 is 11.6 Å². The number of halogens is 7. The van der Waals surface area contributed by atoms with Crippen LogP contribution in [0.1, 0.15) is 21.5 Å². The Morgan fingerprint density at radius 2 is 1.48 bits per heavy atom. The Morgan fingerprint density at radius 1 is 0.812 bits per heavy atom. The molecule has 10 unspecified atom stereocenters. The normalized spacial score (nSPS) is 26.1. The van der Waals surface area contributed by atoms with Gasteiger partial charge in [-0.25, -0.2) is 4.79 Å². The van der Waals surface area contributed by atoms with Gasteiger partial charge in [-0.3, -0.25) is 9.59 Å². The topological polar surface area (TPSA) is 248 Å². The molecule has 64 heavy (non-hydrogen) atoms. The minimum atomic E-state index is -4.93. The lowest BCUT2D eigenvalue weighted by atomic mass is 9.93. The summed E-state index contributed by atoms with van der Waals surface area (Å²) in [6.45, 7) is -1.70. The zero-order valence-electron chi connectivity index (χ0n) is 33.7. The standard InChI is InChI=1S/C39H43ClF6N4O14/c1-57-22-8-5-9-23(58-2)29(22)60-12-13-61-36-31(26(30(59-3)32(64-36)33(47)54)50-37(56)48-19-10-11-21(40)20(15-19)39(44,45)46)63-35-25(28(53)27(52)24(16-51)62-35)49-34(55)17-6-4-7-18(14-17)38(41,42)43/h4-11,14-15,24-28,30-32,35-36,51-53H,12-13,16H2,1-3H3,(H2,47,54)(H,49,55)(H2,48,50,56). The maximum atomic E-state index is 13.7. The number of methoxy groups -OCH3 is 3. The number of urea groups is 1. The van der Waals surface area contributed by atoms with E-state index in [1.807, 2.05) is 0 Å². The number of aliphatic hydroxyl groups excluding tert-OH is 3. The monoisotopic (exact) mass is 940 g/mol. The number of benzene rings is 3. The van der Waals surface area contributed by atoms with Crippen LogP contribution in [0.2, 0.25) is 5.02 Å². The fraction of sp³-hybridized carbons (Fsp3) is 0.462. The number of hydrogen-bond donors (Lipinski definition) is 7. The fourth-order valence-electron chi connectivity index (χ4n) is 6.77. The molecule has 0 aliphatic carbocycles. The molecule has 352 valence electrons. The molecule has 3 aromatic carbocycles. The van der Waals surface area contributed by atoms with Gasteiger partial charge in [0.2, 0.25) is 11.7 Å². The van der Waals surface area contributed by atoms with E-state index in [2.05, 4.69) is 16.0 Å². The van der Waals surface area contributed by atoms with Crippen LogP contribution in [0.4, 0.5) is 36.8 Å². The molecule has 2 aliphatic rings. The summed E-state index contributed by atoms with van der Waals surface area (Å²) < 4.78 is 128. The Labute approximate surface area is 364 Å². The van der Waals surface area contributed by atoms with Gasteiger partial charge in [-0.1, -0.05) is 23.7 Å². The first kappa shape index (κ1) is 49.8. The van der Waals surface area contributed by atoms with Crippen molar-refractivity contribution in [2.45, 2.75) is 73.6 Å². The number of anilines is 1. The SMILES string of the molecule is COc1cccc(OC)c1OCCOC1OC(C(N)=O)C(OC)C(NC(=O)Nc2ccc(Cl)c(C(F)(F)F)c2)C1OC1OC(CO)C(O)C(O)C1NC(=O)c1cccc(C(F)(F)F)c1. The fourth-order valence-corrected chi connectivity index (χ4v) is 7.00. The second-order valence-electron chi connectivity index (χ2n) is 13.9. The van der Waals surface area contributed by atoms with Gasteiger partial charge in [0.15, 0.2) is 30.2 Å². The van der Waals surface area contributed by atoms with E-state index in [0.717, 1.165) is 31.4 Å². The van der Waals surface area contributed by atoms with Crippen molar-refractivity contribution in [3.05, 3.63) is 82.4 Å². The maximum Gasteiger partial charge on any atom is 0.417 e. The second-order valence-corrected chi connectivity index (χ2v) is 14.3. The van der Waals surface area contributed by atoms with Crippen LogP contribution in [0, 0.1) is 0 Å². The molecular weight excluding hydrogens is 898 g/mol. The van der Waals surface area contributed by atoms with Crippen molar-refractivity contribution in [3.8, 4) is 17.2 Å². The highest BCUT2D eigenvalue weighted by atomic mass is 35.5. The van der Waals surface area contributed by atoms with Crippen LogP contribution in [-0.4, -0.2) is 136 Å². The summed E-state index contributed by atoms with van der Waals surface area (Å²) in [5.41, 5.74) is 2.22. The van der Waals surface area contributed by atoms with Gasteiger partial charge in [0.1, 0.15) is 43.2 Å². The third-order valence-electron chi connectivity index (χ3n) is 9.85. The van der Waals surface area contributed by atoms with E-state index in [1.165, 1.54) is 14.2 Å². The summed E-state index contributed by atoms with van der Waals surface area (Å²) in [5, 5.41) is 38.4. The Bertz CT molecular complexity index is 2080. The van der Waals surface area contributed by atoms with Crippen LogP contribution in [-0.2, 0) is 40.8 Å². The van der Waals surface area contributed by atoms with Gasteiger partial charge < -0.3 is 74.9 Å².